The molecule has 4 heteroatoms. The molecule has 1 aromatic rings. The fraction of sp³-hybridized carbons (Fsp3) is 0.357. The van der Waals surface area contributed by atoms with Crippen molar-refractivity contribution < 1.29 is 9.53 Å². The van der Waals surface area contributed by atoms with Gasteiger partial charge < -0.3 is 15.4 Å². The highest BCUT2D eigenvalue weighted by atomic mass is 16.5. The molecule has 0 spiro atoms. The minimum absolute atomic E-state index is 0.468. The molecule has 1 aromatic carbocycles. The monoisotopic (exact) mass is 248 g/mol. The highest BCUT2D eigenvalue weighted by molar-refractivity contribution is 5.90. The molecule has 0 bridgehead atoms. The first-order valence-corrected chi connectivity index (χ1v) is 6.02. The number of anilines is 1. The first-order chi connectivity index (χ1) is 8.62. The van der Waals surface area contributed by atoms with Crippen molar-refractivity contribution in [2.75, 3.05) is 25.1 Å². The fourth-order valence-electron chi connectivity index (χ4n) is 1.79. The quantitative estimate of drug-likeness (QED) is 0.784. The number of nitrogens with two attached hydrogens (primary N) is 1. The van der Waals surface area contributed by atoms with Gasteiger partial charge in [0.25, 0.3) is 0 Å². The molecule has 0 aromatic heterocycles. The predicted molar refractivity (Wildman–Crippen MR) is 74.8 cm³/mol. The summed E-state index contributed by atoms with van der Waals surface area (Å²) in [4.78, 5) is 13.0. The summed E-state index contributed by atoms with van der Waals surface area (Å²) in [7, 11) is 1.61. The standard InChI is InChI=1S/C14H20N2O2/c1-4-16(5-2)12-8-6-11(7-9-14(15)17)13(10-12)18-3/h6-10H,4-5H2,1-3H3,(H2,15,17)/b9-7+. The minimum Gasteiger partial charge on any atom is -0.496 e. The molecule has 0 saturated carbocycles. The number of nitrogens with zero attached hydrogens (tertiary/aromatic N) is 1. The zero-order chi connectivity index (χ0) is 13.5. The number of methoxy groups -OCH3 is 1. The second-order valence-electron chi connectivity index (χ2n) is 3.83. The summed E-state index contributed by atoms with van der Waals surface area (Å²) in [6, 6.07) is 5.90. The Balaban J connectivity index is 3.06. The van der Waals surface area contributed by atoms with Gasteiger partial charge in [0.1, 0.15) is 5.75 Å². The number of hydrogen-bond donors (Lipinski definition) is 1. The van der Waals surface area contributed by atoms with Crippen LogP contribution in [0, 0.1) is 0 Å². The van der Waals surface area contributed by atoms with Crippen molar-refractivity contribution in [3.05, 3.63) is 29.8 Å². The molecule has 0 aliphatic rings. The van der Waals surface area contributed by atoms with E-state index >= 15 is 0 Å². The maximum atomic E-state index is 10.7. The SMILES string of the molecule is CCN(CC)c1ccc(/C=C/C(N)=O)c(OC)c1. The Labute approximate surface area is 108 Å². The van der Waals surface area contributed by atoms with Crippen LogP contribution >= 0.6 is 0 Å². The number of primary amides is 1. The van der Waals surface area contributed by atoms with E-state index in [4.69, 9.17) is 10.5 Å². The Kier molecular flexibility index (Phi) is 5.24. The molecule has 0 fully saturated rings. The molecular weight excluding hydrogens is 228 g/mol. The van der Waals surface area contributed by atoms with Crippen LogP contribution in [0.3, 0.4) is 0 Å². The lowest BCUT2D eigenvalue weighted by atomic mass is 10.1. The third-order valence-corrected chi connectivity index (χ3v) is 2.77. The maximum Gasteiger partial charge on any atom is 0.241 e. The number of rotatable bonds is 6. The topological polar surface area (TPSA) is 55.6 Å². The lowest BCUT2D eigenvalue weighted by Gasteiger charge is -2.22. The molecule has 18 heavy (non-hydrogen) atoms. The van der Waals surface area contributed by atoms with Gasteiger partial charge in [-0.2, -0.15) is 0 Å². The maximum absolute atomic E-state index is 10.7. The van der Waals surface area contributed by atoms with Crippen LogP contribution in [0.4, 0.5) is 5.69 Å². The Morgan fingerprint density at radius 2 is 2.06 bits per heavy atom. The van der Waals surface area contributed by atoms with Crippen molar-refractivity contribution in [3.63, 3.8) is 0 Å². The van der Waals surface area contributed by atoms with E-state index in [1.807, 2.05) is 18.2 Å². The molecule has 0 radical (unpaired) electrons. The molecule has 0 heterocycles. The van der Waals surface area contributed by atoms with Gasteiger partial charge in [-0.15, -0.1) is 0 Å². The van der Waals surface area contributed by atoms with Gasteiger partial charge >= 0.3 is 0 Å². The minimum atomic E-state index is -0.468. The van der Waals surface area contributed by atoms with Gasteiger partial charge in [-0.1, -0.05) is 0 Å². The Hall–Kier alpha value is -1.97. The number of ether oxygens (including phenoxy) is 1. The van der Waals surface area contributed by atoms with Crippen LogP contribution in [0.2, 0.25) is 0 Å². The van der Waals surface area contributed by atoms with Gasteiger partial charge in [-0.25, -0.2) is 0 Å². The average Bonchev–Trinajstić information content (AvgIpc) is 2.38. The van der Waals surface area contributed by atoms with Crippen LogP contribution < -0.4 is 15.4 Å². The largest absolute Gasteiger partial charge is 0.496 e. The number of hydrogen-bond acceptors (Lipinski definition) is 3. The summed E-state index contributed by atoms with van der Waals surface area (Å²) in [6.07, 6.45) is 2.99. The summed E-state index contributed by atoms with van der Waals surface area (Å²) in [5.74, 6) is 0.266. The molecular formula is C14H20N2O2. The number of benzene rings is 1. The van der Waals surface area contributed by atoms with E-state index in [2.05, 4.69) is 18.7 Å². The van der Waals surface area contributed by atoms with Gasteiger partial charge in [0.15, 0.2) is 0 Å². The van der Waals surface area contributed by atoms with Crippen LogP contribution in [0.15, 0.2) is 24.3 Å². The summed E-state index contributed by atoms with van der Waals surface area (Å²) < 4.78 is 5.33. The zero-order valence-corrected chi connectivity index (χ0v) is 11.1. The van der Waals surface area contributed by atoms with Crippen LogP contribution in [0.5, 0.6) is 5.75 Å². The highest BCUT2D eigenvalue weighted by Crippen LogP contribution is 2.26. The lowest BCUT2D eigenvalue weighted by Crippen LogP contribution is -2.21. The van der Waals surface area contributed by atoms with Crippen LogP contribution in [0.25, 0.3) is 6.08 Å². The molecule has 2 N–H and O–H groups in total. The molecule has 0 aliphatic heterocycles. The summed E-state index contributed by atoms with van der Waals surface area (Å²) in [5, 5.41) is 0. The molecule has 98 valence electrons. The van der Waals surface area contributed by atoms with E-state index < -0.39 is 5.91 Å². The third kappa shape index (κ3) is 3.52. The van der Waals surface area contributed by atoms with E-state index in [1.54, 1.807) is 13.2 Å². The molecule has 1 rings (SSSR count). The molecule has 0 unspecified atom stereocenters. The molecule has 0 aliphatic carbocycles. The van der Waals surface area contributed by atoms with Crippen molar-refractivity contribution in [1.82, 2.24) is 0 Å². The first kappa shape index (κ1) is 14.1. The van der Waals surface area contributed by atoms with E-state index in [-0.39, 0.29) is 0 Å². The zero-order valence-electron chi connectivity index (χ0n) is 11.1. The number of carbonyl (C=O) groups is 1. The molecule has 0 saturated heterocycles. The van der Waals surface area contributed by atoms with E-state index in [1.165, 1.54) is 6.08 Å². The van der Waals surface area contributed by atoms with Gasteiger partial charge in [0, 0.05) is 36.5 Å². The van der Waals surface area contributed by atoms with E-state index in [0.717, 1.165) is 30.1 Å². The Morgan fingerprint density at radius 1 is 1.39 bits per heavy atom. The van der Waals surface area contributed by atoms with Crippen LogP contribution in [-0.2, 0) is 4.79 Å². The van der Waals surface area contributed by atoms with E-state index in [0.29, 0.717) is 0 Å². The van der Waals surface area contributed by atoms with Gasteiger partial charge in [-0.3, -0.25) is 4.79 Å². The van der Waals surface area contributed by atoms with Gasteiger partial charge in [0.05, 0.1) is 7.11 Å². The molecule has 1 amide bonds. The van der Waals surface area contributed by atoms with Crippen LogP contribution in [-0.4, -0.2) is 26.1 Å². The number of carbonyl (C=O) groups excluding carboxylic acids is 1. The second kappa shape index (κ2) is 6.69. The van der Waals surface area contributed by atoms with Crippen molar-refractivity contribution in [1.29, 1.82) is 0 Å². The first-order valence-electron chi connectivity index (χ1n) is 6.02. The smallest absolute Gasteiger partial charge is 0.241 e. The number of amides is 1. The van der Waals surface area contributed by atoms with Crippen molar-refractivity contribution in [2.24, 2.45) is 5.73 Å². The van der Waals surface area contributed by atoms with Gasteiger partial charge in [-0.05, 0) is 32.1 Å². The Morgan fingerprint density at radius 3 is 2.56 bits per heavy atom. The predicted octanol–water partition coefficient (Wildman–Crippen LogP) is 2.04. The van der Waals surface area contributed by atoms with Crippen LogP contribution in [0.1, 0.15) is 19.4 Å². The molecule has 0 atom stereocenters. The lowest BCUT2D eigenvalue weighted by molar-refractivity contribution is -0.113. The summed E-state index contributed by atoms with van der Waals surface area (Å²) in [6.45, 7) is 6.10. The van der Waals surface area contributed by atoms with Crippen molar-refractivity contribution in [2.45, 2.75) is 13.8 Å². The fourth-order valence-corrected chi connectivity index (χ4v) is 1.79. The summed E-state index contributed by atoms with van der Waals surface area (Å²) >= 11 is 0. The second-order valence-corrected chi connectivity index (χ2v) is 3.83. The average molecular weight is 248 g/mol. The Bertz CT molecular complexity index is 437. The summed E-state index contributed by atoms with van der Waals surface area (Å²) in [5.41, 5.74) is 7.02. The third-order valence-electron chi connectivity index (χ3n) is 2.77. The molecule has 4 nitrogen and oxygen atoms in total. The van der Waals surface area contributed by atoms with Gasteiger partial charge in [0.2, 0.25) is 5.91 Å². The normalized spacial score (nSPS) is 10.6. The van der Waals surface area contributed by atoms with Crippen molar-refractivity contribution in [3.8, 4) is 5.75 Å². The van der Waals surface area contributed by atoms with Crippen molar-refractivity contribution >= 4 is 17.7 Å². The van der Waals surface area contributed by atoms with E-state index in [9.17, 15) is 4.79 Å². The highest BCUT2D eigenvalue weighted by Gasteiger charge is 2.06.